The van der Waals surface area contributed by atoms with Crippen molar-refractivity contribution in [2.75, 3.05) is 38.7 Å². The number of esters is 1. The molecular weight excluding hydrogens is 669 g/mol. The van der Waals surface area contributed by atoms with Crippen molar-refractivity contribution in [3.8, 4) is 11.6 Å². The highest BCUT2D eigenvalue weighted by Gasteiger charge is 2.36. The fourth-order valence-electron chi connectivity index (χ4n) is 3.79. The number of alkyl halides is 3. The Kier molecular flexibility index (Phi) is 15.0. The number of rotatable bonds is 8. The molecule has 3 aromatic rings. The largest absolute Gasteiger partial charge is 0.465 e. The van der Waals surface area contributed by atoms with Gasteiger partial charge >= 0.3 is 12.1 Å². The molecule has 0 unspecified atom stereocenters. The molecule has 9 nitrogen and oxygen atoms in total. The van der Waals surface area contributed by atoms with Gasteiger partial charge in [-0.2, -0.15) is 13.2 Å². The normalized spacial score (nSPS) is 13.2. The summed E-state index contributed by atoms with van der Waals surface area (Å²) in [7, 11) is 1.23. The molecule has 0 atom stereocenters. The number of pyridine rings is 2. The van der Waals surface area contributed by atoms with Crippen LogP contribution in [0, 0.1) is 0 Å². The second-order valence-electron chi connectivity index (χ2n) is 9.32. The molecule has 2 aromatic heterocycles. The lowest BCUT2D eigenvalue weighted by molar-refractivity contribution is -0.139. The smallest absolute Gasteiger partial charge is 0.421 e. The number of aromatic nitrogens is 2. The quantitative estimate of drug-likeness (QED) is 0.188. The standard InChI is InChI=1S/C22H26F3N3O4.C6H3BrClNO.C2H6/c1-14(2)27-19-5-4-16(11-17(19)21(29)30-3)32-20-18(22(23,24)25)10-15(12-26-20)13-28-6-8-31-9-7-28;7-4-1-2-5(6(8)10)9-3-4;1-2/h4-5,10-12,14,27H,6-9,13H2,1-3H3;1-3H;1-2H3. The molecule has 14 heteroatoms. The predicted molar refractivity (Wildman–Crippen MR) is 165 cm³/mol. The summed E-state index contributed by atoms with van der Waals surface area (Å²) >= 11 is 8.32. The maximum Gasteiger partial charge on any atom is 0.421 e. The number of hydrogen-bond donors (Lipinski definition) is 1. The summed E-state index contributed by atoms with van der Waals surface area (Å²) in [6.07, 6.45) is -1.76. The van der Waals surface area contributed by atoms with Gasteiger partial charge in [0.05, 0.1) is 25.9 Å². The van der Waals surface area contributed by atoms with Crippen molar-refractivity contribution >= 4 is 44.4 Å². The molecule has 1 aromatic carbocycles. The molecule has 0 bridgehead atoms. The van der Waals surface area contributed by atoms with Crippen LogP contribution in [0.3, 0.4) is 0 Å². The van der Waals surface area contributed by atoms with E-state index in [1.54, 1.807) is 18.2 Å². The number of nitrogens with one attached hydrogen (secondary N) is 1. The van der Waals surface area contributed by atoms with Crippen LogP contribution in [0.15, 0.2) is 53.3 Å². The van der Waals surface area contributed by atoms with E-state index in [0.29, 0.717) is 44.1 Å². The Hall–Kier alpha value is -3.26. The Morgan fingerprint density at radius 3 is 2.32 bits per heavy atom. The fourth-order valence-corrected chi connectivity index (χ4v) is 4.14. The number of nitrogens with zero attached hydrogens (tertiary/aromatic N) is 3. The lowest BCUT2D eigenvalue weighted by Gasteiger charge is -2.26. The first-order valence-corrected chi connectivity index (χ1v) is 14.9. The van der Waals surface area contributed by atoms with E-state index in [9.17, 15) is 22.8 Å². The van der Waals surface area contributed by atoms with E-state index in [1.165, 1.54) is 31.6 Å². The fraction of sp³-hybridized carbons (Fsp3) is 0.400. The highest BCUT2D eigenvalue weighted by Crippen LogP contribution is 2.38. The van der Waals surface area contributed by atoms with E-state index >= 15 is 0 Å². The molecule has 3 heterocycles. The molecule has 240 valence electrons. The van der Waals surface area contributed by atoms with Crippen LogP contribution in [0.1, 0.15) is 59.7 Å². The van der Waals surface area contributed by atoms with Gasteiger partial charge in [0.25, 0.3) is 5.24 Å². The molecular formula is C30H35BrClF3N4O5. The Bertz CT molecular complexity index is 1370. The van der Waals surface area contributed by atoms with Crippen LogP contribution < -0.4 is 10.1 Å². The summed E-state index contributed by atoms with van der Waals surface area (Å²) in [5, 5.41) is 2.56. The minimum Gasteiger partial charge on any atom is -0.465 e. The minimum atomic E-state index is -4.66. The Morgan fingerprint density at radius 2 is 1.77 bits per heavy atom. The van der Waals surface area contributed by atoms with Crippen molar-refractivity contribution in [1.29, 1.82) is 0 Å². The van der Waals surface area contributed by atoms with Crippen molar-refractivity contribution in [2.24, 2.45) is 0 Å². The molecule has 0 radical (unpaired) electrons. The highest BCUT2D eigenvalue weighted by molar-refractivity contribution is 9.10. The SMILES string of the molecule is CC.COC(=O)c1cc(Oc2ncc(CN3CCOCC3)cc2C(F)(F)F)ccc1NC(C)C.O=C(Cl)c1ccc(Br)cn1. The van der Waals surface area contributed by atoms with E-state index < -0.39 is 28.8 Å². The van der Waals surface area contributed by atoms with Crippen LogP contribution in [0.4, 0.5) is 18.9 Å². The topological polar surface area (TPSA) is 103 Å². The molecule has 4 rings (SSSR count). The Morgan fingerprint density at radius 1 is 1.09 bits per heavy atom. The third kappa shape index (κ3) is 11.7. The van der Waals surface area contributed by atoms with Gasteiger partial charge < -0.3 is 19.5 Å². The average Bonchev–Trinajstić information content (AvgIpc) is 2.99. The van der Waals surface area contributed by atoms with Crippen LogP contribution in [0.5, 0.6) is 11.6 Å². The van der Waals surface area contributed by atoms with Gasteiger partial charge in [-0.3, -0.25) is 14.7 Å². The maximum absolute atomic E-state index is 13.7. The minimum absolute atomic E-state index is 0.0303. The first-order valence-electron chi connectivity index (χ1n) is 13.7. The summed E-state index contributed by atoms with van der Waals surface area (Å²) in [6.45, 7) is 10.5. The number of carbonyl (C=O) groups is 2. The molecule has 1 aliphatic heterocycles. The molecule has 1 N–H and O–H groups in total. The van der Waals surface area contributed by atoms with Crippen LogP contribution in [0.2, 0.25) is 0 Å². The summed E-state index contributed by atoms with van der Waals surface area (Å²) < 4.78 is 57.6. The third-order valence-corrected chi connectivity index (χ3v) is 6.37. The first-order chi connectivity index (χ1) is 20.9. The lowest BCUT2D eigenvalue weighted by atomic mass is 10.1. The van der Waals surface area contributed by atoms with Crippen LogP contribution in [-0.2, 0) is 22.2 Å². The van der Waals surface area contributed by atoms with Gasteiger partial charge in [-0.25, -0.2) is 9.78 Å². The molecule has 1 aliphatic rings. The summed E-state index contributed by atoms with van der Waals surface area (Å²) in [5.41, 5.74) is 0.357. The van der Waals surface area contributed by atoms with Gasteiger partial charge in [0.15, 0.2) is 0 Å². The number of anilines is 1. The zero-order valence-corrected chi connectivity index (χ0v) is 27.3. The van der Waals surface area contributed by atoms with Gasteiger partial charge in [-0.15, -0.1) is 0 Å². The van der Waals surface area contributed by atoms with Gasteiger partial charge in [-0.05, 0) is 83.3 Å². The first kappa shape index (κ1) is 36.9. The predicted octanol–water partition coefficient (Wildman–Crippen LogP) is 7.58. The highest BCUT2D eigenvalue weighted by atomic mass is 79.9. The van der Waals surface area contributed by atoms with Gasteiger partial charge in [0.1, 0.15) is 17.0 Å². The van der Waals surface area contributed by atoms with Crippen molar-refractivity contribution in [3.63, 3.8) is 0 Å². The second-order valence-corrected chi connectivity index (χ2v) is 10.6. The van der Waals surface area contributed by atoms with E-state index in [2.05, 4.69) is 31.2 Å². The monoisotopic (exact) mass is 702 g/mol. The van der Waals surface area contributed by atoms with E-state index in [1.807, 2.05) is 32.6 Å². The van der Waals surface area contributed by atoms with E-state index in [0.717, 1.165) is 10.5 Å². The average molecular weight is 704 g/mol. The molecule has 0 saturated carbocycles. The molecule has 1 fully saturated rings. The van der Waals surface area contributed by atoms with E-state index in [-0.39, 0.29) is 23.0 Å². The van der Waals surface area contributed by atoms with Gasteiger partial charge in [0, 0.05) is 48.2 Å². The number of benzene rings is 1. The zero-order valence-electron chi connectivity index (χ0n) is 25.0. The van der Waals surface area contributed by atoms with Gasteiger partial charge in [-0.1, -0.05) is 13.8 Å². The lowest BCUT2D eigenvalue weighted by Crippen LogP contribution is -2.35. The number of carbonyl (C=O) groups excluding carboxylic acids is 2. The molecule has 0 amide bonds. The van der Waals surface area contributed by atoms with Crippen molar-refractivity contribution < 1.29 is 37.0 Å². The molecule has 1 saturated heterocycles. The number of morpholine rings is 1. The summed E-state index contributed by atoms with van der Waals surface area (Å²) in [5.74, 6) is -1.18. The van der Waals surface area contributed by atoms with Crippen molar-refractivity contribution in [1.82, 2.24) is 14.9 Å². The Balaban J connectivity index is 0.000000473. The summed E-state index contributed by atoms with van der Waals surface area (Å²) in [4.78, 5) is 32.3. The van der Waals surface area contributed by atoms with Crippen molar-refractivity contribution in [3.05, 3.63) is 75.6 Å². The van der Waals surface area contributed by atoms with Crippen LogP contribution in [0.25, 0.3) is 0 Å². The van der Waals surface area contributed by atoms with E-state index in [4.69, 9.17) is 25.8 Å². The maximum atomic E-state index is 13.7. The summed E-state index contributed by atoms with van der Waals surface area (Å²) in [6, 6.07) is 8.71. The number of ether oxygens (including phenoxy) is 3. The molecule has 0 aliphatic carbocycles. The van der Waals surface area contributed by atoms with Crippen LogP contribution >= 0.6 is 27.5 Å². The molecule has 44 heavy (non-hydrogen) atoms. The molecule has 0 spiro atoms. The zero-order chi connectivity index (χ0) is 32.9. The number of hydrogen-bond acceptors (Lipinski definition) is 9. The third-order valence-electron chi connectivity index (χ3n) is 5.71. The van der Waals surface area contributed by atoms with Crippen LogP contribution in [-0.4, -0.2) is 65.5 Å². The number of halogens is 5. The second kappa shape index (κ2) is 17.9. The van der Waals surface area contributed by atoms with Crippen molar-refractivity contribution in [2.45, 2.75) is 46.5 Å². The van der Waals surface area contributed by atoms with Gasteiger partial charge in [0.2, 0.25) is 5.88 Å². The Labute approximate surface area is 268 Å². The number of methoxy groups -OCH3 is 1.